The molecule has 0 saturated carbocycles. The second-order valence-electron chi connectivity index (χ2n) is 1.75. The molecule has 0 fully saturated rings. The predicted octanol–water partition coefficient (Wildman–Crippen LogP) is -0.729. The smallest absolute Gasteiger partial charge is 0.251 e. The third kappa shape index (κ3) is 6.49. The van der Waals surface area contributed by atoms with Crippen LogP contribution in [0.2, 0.25) is 0 Å². The maximum atomic E-state index is 10.3. The zero-order valence-electron chi connectivity index (χ0n) is 6.13. The third-order valence-electron chi connectivity index (χ3n) is 0.686. The Morgan fingerprint density at radius 1 is 1.58 bits per heavy atom. The van der Waals surface area contributed by atoms with Gasteiger partial charge >= 0.3 is 0 Å². The van der Waals surface area contributed by atoms with E-state index in [1.54, 1.807) is 0 Å². The average Bonchev–Trinajstić information content (AvgIpc) is 1.84. The van der Waals surface area contributed by atoms with Crippen molar-refractivity contribution in [3.63, 3.8) is 0 Å². The number of nitrogens with one attached hydrogen (secondary N) is 3. The van der Waals surface area contributed by atoms with Crippen molar-refractivity contribution in [3.8, 4) is 0 Å². The van der Waals surface area contributed by atoms with E-state index >= 15 is 0 Å². The molecule has 12 heavy (non-hydrogen) atoms. The summed E-state index contributed by atoms with van der Waals surface area (Å²) in [5.41, 5.74) is 8.77. The van der Waals surface area contributed by atoms with E-state index < -0.39 is 0 Å². The number of nitrogens with two attached hydrogens (primary N) is 2. The standard InChI is InChI=1S/C4H4N2OS.CH5N3/c7-3-1-2-5-4(8)6-3;2-1(3)4/h1-2H,(H2,5,6,7,8);(H5,2,3,4). The SMILES string of the molecule is N=C(N)N.O=c1cc[nH]c(=S)[nH]1. The lowest BCUT2D eigenvalue weighted by atomic mass is 10.7. The number of rotatable bonds is 0. The Labute approximate surface area is 73.1 Å². The lowest BCUT2D eigenvalue weighted by Crippen LogP contribution is -2.20. The van der Waals surface area contributed by atoms with Gasteiger partial charge in [-0.2, -0.15) is 0 Å². The maximum absolute atomic E-state index is 10.3. The summed E-state index contributed by atoms with van der Waals surface area (Å²) < 4.78 is 0.359. The Kier molecular flexibility index (Phi) is 4.39. The van der Waals surface area contributed by atoms with Crippen molar-refractivity contribution in [3.05, 3.63) is 27.4 Å². The first kappa shape index (κ1) is 10.4. The van der Waals surface area contributed by atoms with E-state index in [0.717, 1.165) is 0 Å². The van der Waals surface area contributed by atoms with Gasteiger partial charge in [-0.05, 0) is 12.2 Å². The molecule has 0 spiro atoms. The fourth-order valence-electron chi connectivity index (χ4n) is 0.383. The van der Waals surface area contributed by atoms with E-state index in [2.05, 4.69) is 33.7 Å². The van der Waals surface area contributed by atoms with Gasteiger partial charge in [-0.25, -0.2) is 0 Å². The molecule has 0 atom stereocenters. The quantitative estimate of drug-likeness (QED) is 0.208. The van der Waals surface area contributed by atoms with Crippen LogP contribution in [0.5, 0.6) is 0 Å². The summed E-state index contributed by atoms with van der Waals surface area (Å²) >= 11 is 4.59. The Morgan fingerprint density at radius 2 is 2.08 bits per heavy atom. The highest BCUT2D eigenvalue weighted by Crippen LogP contribution is 1.67. The van der Waals surface area contributed by atoms with Gasteiger partial charge in [0, 0.05) is 12.3 Å². The highest BCUT2D eigenvalue weighted by molar-refractivity contribution is 7.71. The molecule has 6 nitrogen and oxygen atoms in total. The average molecular weight is 187 g/mol. The fraction of sp³-hybridized carbons (Fsp3) is 0. The molecular weight excluding hydrogens is 178 g/mol. The molecule has 0 aromatic carbocycles. The van der Waals surface area contributed by atoms with Gasteiger partial charge in [-0.3, -0.25) is 15.2 Å². The molecule has 1 heterocycles. The van der Waals surface area contributed by atoms with Crippen LogP contribution in [-0.2, 0) is 0 Å². The fourth-order valence-corrected chi connectivity index (χ4v) is 0.551. The molecule has 0 aliphatic rings. The van der Waals surface area contributed by atoms with Crippen LogP contribution in [0, 0.1) is 10.2 Å². The van der Waals surface area contributed by atoms with Crippen LogP contribution >= 0.6 is 12.2 Å². The summed E-state index contributed by atoms with van der Waals surface area (Å²) in [6.45, 7) is 0. The minimum atomic E-state index is -0.333. The molecule has 66 valence electrons. The molecule has 0 saturated heterocycles. The third-order valence-corrected chi connectivity index (χ3v) is 0.906. The first-order valence-electron chi connectivity index (χ1n) is 2.90. The molecular formula is C5H9N5OS. The van der Waals surface area contributed by atoms with Gasteiger partial charge in [0.25, 0.3) is 5.56 Å². The Bertz CT molecular complexity index is 324. The molecule has 1 aromatic heterocycles. The molecule has 7 N–H and O–H groups in total. The van der Waals surface area contributed by atoms with E-state index in [1.165, 1.54) is 12.3 Å². The van der Waals surface area contributed by atoms with Crippen molar-refractivity contribution >= 4 is 18.2 Å². The Morgan fingerprint density at radius 3 is 2.33 bits per heavy atom. The predicted molar refractivity (Wildman–Crippen MR) is 48.3 cm³/mol. The van der Waals surface area contributed by atoms with Crippen LogP contribution in [0.1, 0.15) is 0 Å². The molecule has 1 rings (SSSR count). The lowest BCUT2D eigenvalue weighted by Gasteiger charge is -1.78. The number of hydrogen-bond donors (Lipinski definition) is 5. The summed E-state index contributed by atoms with van der Waals surface area (Å²) in [7, 11) is 0. The number of H-pyrrole nitrogens is 2. The van der Waals surface area contributed by atoms with Crippen molar-refractivity contribution in [2.45, 2.75) is 0 Å². The molecule has 0 radical (unpaired) electrons. The van der Waals surface area contributed by atoms with Gasteiger partial charge in [-0.15, -0.1) is 0 Å². The number of guanidine groups is 1. The zero-order chi connectivity index (χ0) is 9.56. The largest absolute Gasteiger partial charge is 0.370 e. The molecule has 0 bridgehead atoms. The minimum Gasteiger partial charge on any atom is -0.370 e. The van der Waals surface area contributed by atoms with Gasteiger partial charge < -0.3 is 16.5 Å². The van der Waals surface area contributed by atoms with E-state index in [-0.39, 0.29) is 11.5 Å². The lowest BCUT2D eigenvalue weighted by molar-refractivity contribution is 1.09. The molecule has 0 aliphatic heterocycles. The minimum absolute atomic E-state index is 0.172. The van der Waals surface area contributed by atoms with Gasteiger partial charge in [0.1, 0.15) is 0 Å². The van der Waals surface area contributed by atoms with Crippen molar-refractivity contribution in [1.29, 1.82) is 5.41 Å². The van der Waals surface area contributed by atoms with Gasteiger partial charge in [0.05, 0.1) is 0 Å². The molecule has 0 unspecified atom stereocenters. The van der Waals surface area contributed by atoms with Crippen LogP contribution in [0.3, 0.4) is 0 Å². The zero-order valence-corrected chi connectivity index (χ0v) is 6.94. The molecule has 7 heteroatoms. The molecule has 1 aromatic rings. The van der Waals surface area contributed by atoms with Gasteiger partial charge in [0.15, 0.2) is 10.7 Å². The summed E-state index contributed by atoms with van der Waals surface area (Å²) in [6.07, 6.45) is 1.50. The summed E-state index contributed by atoms with van der Waals surface area (Å²) in [4.78, 5) is 15.4. The maximum Gasteiger partial charge on any atom is 0.251 e. The van der Waals surface area contributed by atoms with Crippen molar-refractivity contribution < 1.29 is 0 Å². The highest BCUT2D eigenvalue weighted by Gasteiger charge is 1.74. The van der Waals surface area contributed by atoms with Crippen LogP contribution in [0.25, 0.3) is 0 Å². The molecule has 0 aliphatic carbocycles. The van der Waals surface area contributed by atoms with Gasteiger partial charge in [-0.1, -0.05) is 0 Å². The summed E-state index contributed by atoms with van der Waals surface area (Å²) in [6, 6.07) is 1.37. The summed E-state index contributed by atoms with van der Waals surface area (Å²) in [5.74, 6) is -0.333. The van der Waals surface area contributed by atoms with E-state index in [9.17, 15) is 4.79 Å². The first-order valence-corrected chi connectivity index (χ1v) is 3.30. The summed E-state index contributed by atoms with van der Waals surface area (Å²) in [5, 5.41) is 6.06. The van der Waals surface area contributed by atoms with Gasteiger partial charge in [0.2, 0.25) is 0 Å². The van der Waals surface area contributed by atoms with Crippen molar-refractivity contribution in [2.24, 2.45) is 11.5 Å². The Hall–Kier alpha value is -1.63. The van der Waals surface area contributed by atoms with E-state index in [1.807, 2.05) is 0 Å². The normalized spacial score (nSPS) is 8.00. The topological polar surface area (TPSA) is 125 Å². The van der Waals surface area contributed by atoms with Crippen molar-refractivity contribution in [2.75, 3.05) is 0 Å². The van der Waals surface area contributed by atoms with Crippen LogP contribution in [0.4, 0.5) is 0 Å². The molecule has 0 amide bonds. The number of aromatic nitrogens is 2. The Balaban J connectivity index is 0.000000261. The first-order chi connectivity index (χ1) is 5.52. The van der Waals surface area contributed by atoms with Crippen LogP contribution < -0.4 is 17.0 Å². The van der Waals surface area contributed by atoms with E-state index in [0.29, 0.717) is 4.77 Å². The second kappa shape index (κ2) is 5.08. The second-order valence-corrected chi connectivity index (χ2v) is 2.16. The van der Waals surface area contributed by atoms with Crippen LogP contribution in [0.15, 0.2) is 17.1 Å². The van der Waals surface area contributed by atoms with Crippen LogP contribution in [-0.4, -0.2) is 15.9 Å². The van der Waals surface area contributed by atoms with Crippen molar-refractivity contribution in [1.82, 2.24) is 9.97 Å². The monoisotopic (exact) mass is 187 g/mol. The number of aromatic amines is 2. The number of hydrogen-bond acceptors (Lipinski definition) is 3. The van der Waals surface area contributed by atoms with E-state index in [4.69, 9.17) is 5.41 Å². The highest BCUT2D eigenvalue weighted by atomic mass is 32.1.